The fraction of sp³-hybridized carbons (Fsp3) is 0.556. The molecule has 1 aliphatic rings. The van der Waals surface area contributed by atoms with E-state index in [2.05, 4.69) is 15.5 Å². The summed E-state index contributed by atoms with van der Waals surface area (Å²) < 4.78 is 10.4. The molecule has 0 radical (unpaired) electrons. The number of aliphatic imine (C=N–C) groups is 1. The van der Waals surface area contributed by atoms with Crippen LogP contribution in [0.15, 0.2) is 31.5 Å². The lowest BCUT2D eigenvalue weighted by atomic mass is 9.98. The van der Waals surface area contributed by atoms with Crippen LogP contribution in [0.25, 0.3) is 0 Å². The summed E-state index contributed by atoms with van der Waals surface area (Å²) in [6.45, 7) is 7.38. The van der Waals surface area contributed by atoms with Crippen LogP contribution in [0, 0.1) is 5.92 Å². The first-order valence-electron chi connectivity index (χ1n) is 8.60. The molecule has 2 heterocycles. The summed E-state index contributed by atoms with van der Waals surface area (Å²) in [5, 5.41) is 15.5. The smallest absolute Gasteiger partial charge is 0.339 e. The van der Waals surface area contributed by atoms with Crippen molar-refractivity contribution in [3.8, 4) is 5.75 Å². The predicted molar refractivity (Wildman–Crippen MR) is 105 cm³/mol. The van der Waals surface area contributed by atoms with Crippen molar-refractivity contribution < 1.29 is 19.2 Å². The van der Waals surface area contributed by atoms with E-state index >= 15 is 0 Å². The Kier molecular flexibility index (Phi) is 6.69. The van der Waals surface area contributed by atoms with Gasteiger partial charge in [-0.15, -0.1) is 11.8 Å². The third kappa shape index (κ3) is 5.12. The number of methoxy groups -OCH3 is 1. The zero-order valence-electron chi connectivity index (χ0n) is 16.1. The van der Waals surface area contributed by atoms with Crippen molar-refractivity contribution in [2.75, 3.05) is 12.9 Å². The number of rotatable bonds is 7. The van der Waals surface area contributed by atoms with Gasteiger partial charge < -0.3 is 19.7 Å². The first kappa shape index (κ1) is 21.0. The van der Waals surface area contributed by atoms with Gasteiger partial charge in [-0.3, -0.25) is 9.79 Å². The van der Waals surface area contributed by atoms with E-state index in [0.717, 1.165) is 0 Å². The van der Waals surface area contributed by atoms with Gasteiger partial charge in [-0.25, -0.2) is 4.79 Å². The van der Waals surface area contributed by atoms with Crippen LogP contribution in [0.3, 0.4) is 0 Å². The van der Waals surface area contributed by atoms with Gasteiger partial charge in [-0.1, -0.05) is 19.0 Å². The number of thioether (sulfide) groups is 1. The molecule has 2 N–H and O–H groups in total. The van der Waals surface area contributed by atoms with E-state index in [4.69, 9.17) is 14.4 Å². The molecule has 1 aromatic rings. The number of nitrogens with one attached hydrogen (secondary N) is 1. The molecule has 0 fully saturated rings. The Hall–Kier alpha value is -2.29. The standard InChI is InChI=1S/C18H25N3O5S/c1-10(2)6-13(14-7-12(25-5)8-15(22)26-14)19-17(23)18(4)9-27-16(20-18)11(3)21-24/h7-8,10,13,24H,6,9H2,1-5H3,(H,19,23)/b21-11+/t13-,18+/m1/s1. The van der Waals surface area contributed by atoms with Gasteiger partial charge in [-0.05, 0) is 26.2 Å². The van der Waals surface area contributed by atoms with Crippen molar-refractivity contribution >= 4 is 28.4 Å². The van der Waals surface area contributed by atoms with E-state index in [9.17, 15) is 9.59 Å². The maximum atomic E-state index is 12.9. The Morgan fingerprint density at radius 2 is 2.22 bits per heavy atom. The SMILES string of the molecule is COc1cc([C@@H](CC(C)C)NC(=O)[C@]2(C)CSC(/C(C)=N/O)=N2)oc(=O)c1. The summed E-state index contributed by atoms with van der Waals surface area (Å²) >= 11 is 1.36. The Morgan fingerprint density at radius 3 is 2.81 bits per heavy atom. The van der Waals surface area contributed by atoms with Crippen LogP contribution >= 0.6 is 11.8 Å². The molecule has 0 unspecified atom stereocenters. The fourth-order valence-electron chi connectivity index (χ4n) is 2.64. The summed E-state index contributed by atoms with van der Waals surface area (Å²) in [4.78, 5) is 29.2. The highest BCUT2D eigenvalue weighted by molar-refractivity contribution is 8.16. The molecule has 1 amide bonds. The van der Waals surface area contributed by atoms with Crippen molar-refractivity contribution in [2.45, 2.75) is 45.7 Å². The van der Waals surface area contributed by atoms with Crippen molar-refractivity contribution in [2.24, 2.45) is 16.1 Å². The van der Waals surface area contributed by atoms with Gasteiger partial charge in [0.2, 0.25) is 5.91 Å². The Labute approximate surface area is 162 Å². The van der Waals surface area contributed by atoms with Crippen LogP contribution in [0.5, 0.6) is 5.75 Å². The van der Waals surface area contributed by atoms with Crippen LogP contribution in [-0.2, 0) is 4.79 Å². The summed E-state index contributed by atoms with van der Waals surface area (Å²) in [5.74, 6) is 1.11. The quantitative estimate of drug-likeness (QED) is 0.417. The number of hydrogen-bond acceptors (Lipinski definition) is 8. The van der Waals surface area contributed by atoms with Crippen LogP contribution in [0.1, 0.15) is 45.9 Å². The van der Waals surface area contributed by atoms with Gasteiger partial charge in [-0.2, -0.15) is 0 Å². The highest BCUT2D eigenvalue weighted by Crippen LogP contribution is 2.31. The van der Waals surface area contributed by atoms with Crippen molar-refractivity contribution in [1.82, 2.24) is 5.32 Å². The number of carbonyl (C=O) groups excluding carboxylic acids is 1. The van der Waals surface area contributed by atoms with Crippen LogP contribution in [0.4, 0.5) is 0 Å². The lowest BCUT2D eigenvalue weighted by molar-refractivity contribution is -0.125. The monoisotopic (exact) mass is 395 g/mol. The number of amides is 1. The number of nitrogens with zero attached hydrogens (tertiary/aromatic N) is 2. The van der Waals surface area contributed by atoms with Crippen molar-refractivity contribution in [3.05, 3.63) is 28.3 Å². The third-order valence-electron chi connectivity index (χ3n) is 4.14. The molecule has 0 aliphatic carbocycles. The van der Waals surface area contributed by atoms with Gasteiger partial charge in [0.15, 0.2) is 0 Å². The minimum Gasteiger partial charge on any atom is -0.496 e. The molecule has 0 saturated heterocycles. The number of oxime groups is 1. The highest BCUT2D eigenvalue weighted by atomic mass is 32.2. The summed E-state index contributed by atoms with van der Waals surface area (Å²) in [5.41, 5.74) is -1.17. The van der Waals surface area contributed by atoms with E-state index < -0.39 is 17.2 Å². The van der Waals surface area contributed by atoms with Crippen molar-refractivity contribution in [3.63, 3.8) is 0 Å². The zero-order chi connectivity index (χ0) is 20.2. The van der Waals surface area contributed by atoms with E-state index in [0.29, 0.717) is 34.4 Å². The molecule has 148 valence electrons. The molecule has 2 atom stereocenters. The molecule has 0 spiro atoms. The van der Waals surface area contributed by atoms with Gasteiger partial charge in [0.1, 0.15) is 27.8 Å². The van der Waals surface area contributed by atoms with Gasteiger partial charge >= 0.3 is 5.63 Å². The summed E-state index contributed by atoms with van der Waals surface area (Å²) in [7, 11) is 1.46. The van der Waals surface area contributed by atoms with Gasteiger partial charge in [0.05, 0.1) is 19.2 Å². The first-order chi connectivity index (χ1) is 12.7. The molecule has 27 heavy (non-hydrogen) atoms. The van der Waals surface area contributed by atoms with E-state index in [1.54, 1.807) is 19.9 Å². The lowest BCUT2D eigenvalue weighted by Crippen LogP contribution is -2.45. The second kappa shape index (κ2) is 8.60. The molecule has 0 aromatic carbocycles. The van der Waals surface area contributed by atoms with E-state index in [1.807, 2.05) is 13.8 Å². The Morgan fingerprint density at radius 1 is 1.52 bits per heavy atom. The molecule has 1 aromatic heterocycles. The molecule has 0 bridgehead atoms. The molecule has 9 heteroatoms. The zero-order valence-corrected chi connectivity index (χ0v) is 16.9. The topological polar surface area (TPSA) is 113 Å². The maximum absolute atomic E-state index is 12.9. The van der Waals surface area contributed by atoms with Crippen molar-refractivity contribution in [1.29, 1.82) is 0 Å². The molecular weight excluding hydrogens is 370 g/mol. The largest absolute Gasteiger partial charge is 0.496 e. The number of carbonyl (C=O) groups is 1. The Bertz CT molecular complexity index is 817. The lowest BCUT2D eigenvalue weighted by Gasteiger charge is -2.25. The maximum Gasteiger partial charge on any atom is 0.339 e. The first-order valence-corrected chi connectivity index (χ1v) is 9.58. The van der Waals surface area contributed by atoms with Crippen LogP contribution in [-0.4, -0.2) is 40.3 Å². The second-order valence-electron chi connectivity index (χ2n) is 7.04. The Balaban J connectivity index is 2.29. The van der Waals surface area contributed by atoms with Gasteiger partial charge in [0, 0.05) is 11.8 Å². The third-order valence-corrected chi connectivity index (χ3v) is 5.51. The minimum absolute atomic E-state index is 0.250. The summed E-state index contributed by atoms with van der Waals surface area (Å²) in [6.07, 6.45) is 0.582. The van der Waals surface area contributed by atoms with Crippen LogP contribution in [0.2, 0.25) is 0 Å². The minimum atomic E-state index is -1.000. The molecule has 2 rings (SSSR count). The predicted octanol–water partition coefficient (Wildman–Crippen LogP) is 2.61. The average molecular weight is 395 g/mol. The van der Waals surface area contributed by atoms with Crippen LogP contribution < -0.4 is 15.7 Å². The second-order valence-corrected chi connectivity index (χ2v) is 8.00. The normalized spacial score (nSPS) is 21.1. The molecular formula is C18H25N3O5S. The van der Waals surface area contributed by atoms with E-state index in [-0.39, 0.29) is 11.8 Å². The average Bonchev–Trinajstić information content (AvgIpc) is 3.03. The highest BCUT2D eigenvalue weighted by Gasteiger charge is 2.40. The molecule has 0 saturated carbocycles. The van der Waals surface area contributed by atoms with Gasteiger partial charge in [0.25, 0.3) is 0 Å². The number of ether oxygens (including phenoxy) is 1. The van der Waals surface area contributed by atoms with E-state index in [1.165, 1.54) is 24.9 Å². The molecule has 1 aliphatic heterocycles. The number of hydrogen-bond donors (Lipinski definition) is 2. The summed E-state index contributed by atoms with van der Waals surface area (Å²) in [6, 6.07) is 2.37. The fourth-order valence-corrected chi connectivity index (χ4v) is 3.77. The molecule has 8 nitrogen and oxygen atoms in total.